The Kier molecular flexibility index (Phi) is 6.99. The van der Waals surface area contributed by atoms with Crippen molar-refractivity contribution in [3.05, 3.63) is 17.5 Å². The zero-order valence-corrected chi connectivity index (χ0v) is 19.2. The van der Waals surface area contributed by atoms with Crippen LogP contribution in [0.3, 0.4) is 0 Å². The number of aryl methyl sites for hydroxylation is 2. The van der Waals surface area contributed by atoms with Crippen molar-refractivity contribution in [3.63, 3.8) is 0 Å². The standard InChI is InChI=1S/C24H38N4O3/c1-3-7-19-16-21(27(2)26-19)23(30)28-14-12-24(13-15-28)11-10-20(31-24)17-25-22(29)18-8-5-4-6-9-18/h16,18,20H,3-15,17H2,1-2H3,(H,25,29). The maximum atomic E-state index is 13.0. The van der Waals surface area contributed by atoms with Gasteiger partial charge < -0.3 is 15.0 Å². The molecule has 7 heteroatoms. The van der Waals surface area contributed by atoms with Crippen LogP contribution in [0.25, 0.3) is 0 Å². The molecule has 1 atom stereocenters. The Hall–Kier alpha value is -1.89. The van der Waals surface area contributed by atoms with Crippen LogP contribution in [0.2, 0.25) is 0 Å². The van der Waals surface area contributed by atoms with Gasteiger partial charge in [0.2, 0.25) is 5.91 Å². The third kappa shape index (κ3) is 5.13. The molecule has 31 heavy (non-hydrogen) atoms. The molecule has 0 bridgehead atoms. The summed E-state index contributed by atoms with van der Waals surface area (Å²) in [6, 6.07) is 1.94. The number of aromatic nitrogens is 2. The smallest absolute Gasteiger partial charge is 0.272 e. The lowest BCUT2D eigenvalue weighted by Gasteiger charge is -2.39. The van der Waals surface area contributed by atoms with Gasteiger partial charge in [-0.15, -0.1) is 0 Å². The molecule has 3 aliphatic rings. The number of amides is 2. The van der Waals surface area contributed by atoms with Crippen LogP contribution >= 0.6 is 0 Å². The summed E-state index contributed by atoms with van der Waals surface area (Å²) < 4.78 is 8.17. The lowest BCUT2D eigenvalue weighted by molar-refractivity contribution is -0.127. The highest BCUT2D eigenvalue weighted by atomic mass is 16.5. The fourth-order valence-electron chi connectivity index (χ4n) is 5.51. The first-order valence-corrected chi connectivity index (χ1v) is 12.3. The van der Waals surface area contributed by atoms with Crippen molar-refractivity contribution >= 4 is 11.8 Å². The first-order chi connectivity index (χ1) is 15.0. The van der Waals surface area contributed by atoms with Crippen LogP contribution < -0.4 is 5.32 Å². The van der Waals surface area contributed by atoms with Crippen molar-refractivity contribution in [2.24, 2.45) is 13.0 Å². The summed E-state index contributed by atoms with van der Waals surface area (Å²) in [6.45, 7) is 4.17. The molecule has 1 aliphatic carbocycles. The van der Waals surface area contributed by atoms with Gasteiger partial charge in [0, 0.05) is 32.6 Å². The normalized spacial score (nSPS) is 23.9. The molecule has 172 valence electrons. The summed E-state index contributed by atoms with van der Waals surface area (Å²) in [5.74, 6) is 0.480. The largest absolute Gasteiger partial charge is 0.370 e. The lowest BCUT2D eigenvalue weighted by atomic mass is 9.88. The molecule has 1 aromatic heterocycles. The molecule has 3 fully saturated rings. The molecule has 1 spiro atoms. The number of piperidine rings is 1. The fourth-order valence-corrected chi connectivity index (χ4v) is 5.51. The summed E-state index contributed by atoms with van der Waals surface area (Å²) in [5, 5.41) is 7.62. The van der Waals surface area contributed by atoms with E-state index in [1.807, 2.05) is 18.0 Å². The van der Waals surface area contributed by atoms with Crippen LogP contribution in [0.4, 0.5) is 0 Å². The van der Waals surface area contributed by atoms with E-state index in [0.717, 1.165) is 57.1 Å². The maximum absolute atomic E-state index is 13.0. The monoisotopic (exact) mass is 430 g/mol. The van der Waals surface area contributed by atoms with Crippen molar-refractivity contribution in [1.82, 2.24) is 20.0 Å². The van der Waals surface area contributed by atoms with Crippen LogP contribution in [0.15, 0.2) is 6.07 Å². The minimum atomic E-state index is -0.128. The van der Waals surface area contributed by atoms with Crippen LogP contribution in [-0.4, -0.2) is 57.8 Å². The number of hydrogen-bond donors (Lipinski definition) is 1. The molecular formula is C24H38N4O3. The fraction of sp³-hybridized carbons (Fsp3) is 0.792. The van der Waals surface area contributed by atoms with E-state index >= 15 is 0 Å². The number of rotatable bonds is 6. The van der Waals surface area contributed by atoms with Gasteiger partial charge in [-0.2, -0.15) is 5.10 Å². The number of nitrogens with one attached hydrogen (secondary N) is 1. The molecule has 0 radical (unpaired) electrons. The van der Waals surface area contributed by atoms with Gasteiger partial charge in [-0.25, -0.2) is 0 Å². The Morgan fingerprint density at radius 2 is 1.90 bits per heavy atom. The summed E-state index contributed by atoms with van der Waals surface area (Å²) in [5.41, 5.74) is 1.53. The van der Waals surface area contributed by atoms with Gasteiger partial charge in [-0.05, 0) is 51.0 Å². The van der Waals surface area contributed by atoms with Crippen LogP contribution in [0, 0.1) is 5.92 Å². The van der Waals surface area contributed by atoms with E-state index < -0.39 is 0 Å². The topological polar surface area (TPSA) is 76.5 Å². The summed E-state index contributed by atoms with van der Waals surface area (Å²) >= 11 is 0. The Labute approximate surface area is 185 Å². The SMILES string of the molecule is CCCc1cc(C(=O)N2CCC3(CCC(CNC(=O)C4CCCCC4)O3)CC2)n(C)n1. The van der Waals surface area contributed by atoms with Crippen molar-refractivity contribution in [3.8, 4) is 0 Å². The maximum Gasteiger partial charge on any atom is 0.272 e. The van der Waals surface area contributed by atoms with Crippen molar-refractivity contribution in [2.75, 3.05) is 19.6 Å². The first-order valence-electron chi connectivity index (χ1n) is 12.3. The number of ether oxygens (including phenoxy) is 1. The minimum absolute atomic E-state index is 0.0708. The van der Waals surface area contributed by atoms with Crippen molar-refractivity contribution in [2.45, 2.75) is 89.3 Å². The molecule has 0 aromatic carbocycles. The molecule has 1 N–H and O–H groups in total. The van der Waals surface area contributed by atoms with Gasteiger partial charge in [0.1, 0.15) is 5.69 Å². The molecular weight excluding hydrogens is 392 g/mol. The summed E-state index contributed by atoms with van der Waals surface area (Å²) in [6.07, 6.45) is 11.4. The predicted octanol–water partition coefficient (Wildman–Crippen LogP) is 3.22. The van der Waals surface area contributed by atoms with E-state index in [1.54, 1.807) is 4.68 Å². The highest BCUT2D eigenvalue weighted by molar-refractivity contribution is 5.92. The minimum Gasteiger partial charge on any atom is -0.370 e. The number of carbonyl (C=O) groups is 2. The Bertz CT molecular complexity index is 776. The second kappa shape index (κ2) is 9.72. The van der Waals surface area contributed by atoms with Gasteiger partial charge in [-0.1, -0.05) is 32.6 Å². The average molecular weight is 431 g/mol. The highest BCUT2D eigenvalue weighted by Gasteiger charge is 2.43. The van der Waals surface area contributed by atoms with E-state index in [1.165, 1.54) is 19.3 Å². The van der Waals surface area contributed by atoms with Gasteiger partial charge in [0.25, 0.3) is 5.91 Å². The van der Waals surface area contributed by atoms with Gasteiger partial charge in [0.15, 0.2) is 0 Å². The Morgan fingerprint density at radius 1 is 1.16 bits per heavy atom. The van der Waals surface area contributed by atoms with Gasteiger partial charge in [-0.3, -0.25) is 14.3 Å². The van der Waals surface area contributed by atoms with Crippen LogP contribution in [0.1, 0.15) is 87.3 Å². The quantitative estimate of drug-likeness (QED) is 0.752. The first kappa shape index (κ1) is 22.3. The molecule has 4 rings (SSSR count). The lowest BCUT2D eigenvalue weighted by Crippen LogP contribution is -2.47. The number of hydrogen-bond acceptors (Lipinski definition) is 4. The molecule has 3 heterocycles. The summed E-state index contributed by atoms with van der Waals surface area (Å²) in [7, 11) is 1.85. The van der Waals surface area contributed by atoms with Crippen molar-refractivity contribution < 1.29 is 14.3 Å². The molecule has 7 nitrogen and oxygen atoms in total. The highest BCUT2D eigenvalue weighted by Crippen LogP contribution is 2.39. The average Bonchev–Trinajstić information content (AvgIpc) is 3.36. The third-order valence-corrected chi connectivity index (χ3v) is 7.44. The van der Waals surface area contributed by atoms with Crippen molar-refractivity contribution in [1.29, 1.82) is 0 Å². The third-order valence-electron chi connectivity index (χ3n) is 7.44. The molecule has 2 saturated heterocycles. The van der Waals surface area contributed by atoms with Crippen LogP contribution in [-0.2, 0) is 23.0 Å². The number of likely N-dealkylation sites (tertiary alicyclic amines) is 1. The van der Waals surface area contributed by atoms with E-state index in [0.29, 0.717) is 25.3 Å². The Morgan fingerprint density at radius 3 is 2.61 bits per heavy atom. The predicted molar refractivity (Wildman–Crippen MR) is 119 cm³/mol. The van der Waals surface area contributed by atoms with E-state index in [2.05, 4.69) is 17.3 Å². The Balaban J connectivity index is 1.25. The second-order valence-electron chi connectivity index (χ2n) is 9.73. The molecule has 1 aromatic rings. The van der Waals surface area contributed by atoms with Gasteiger partial charge >= 0.3 is 0 Å². The zero-order valence-electron chi connectivity index (χ0n) is 19.2. The zero-order chi connectivity index (χ0) is 21.8. The van der Waals surface area contributed by atoms with Crippen LogP contribution in [0.5, 0.6) is 0 Å². The number of nitrogens with zero attached hydrogens (tertiary/aromatic N) is 3. The molecule has 1 unspecified atom stereocenters. The second-order valence-corrected chi connectivity index (χ2v) is 9.73. The van der Waals surface area contributed by atoms with E-state index in [-0.39, 0.29) is 29.4 Å². The van der Waals surface area contributed by atoms with Gasteiger partial charge in [0.05, 0.1) is 17.4 Å². The molecule has 2 amide bonds. The summed E-state index contributed by atoms with van der Waals surface area (Å²) in [4.78, 5) is 27.4. The van der Waals surface area contributed by atoms with E-state index in [9.17, 15) is 9.59 Å². The molecule has 1 saturated carbocycles. The molecule has 2 aliphatic heterocycles. The number of carbonyl (C=O) groups excluding carboxylic acids is 2. The van der Waals surface area contributed by atoms with E-state index in [4.69, 9.17) is 4.74 Å².